The maximum atomic E-state index is 12.8. The molecule has 2 aliphatic rings. The van der Waals surface area contributed by atoms with Gasteiger partial charge in [-0.3, -0.25) is 4.79 Å². The molecule has 1 atom stereocenters. The number of rotatable bonds is 2. The highest BCUT2D eigenvalue weighted by Crippen LogP contribution is 2.48. The average Bonchev–Trinajstić information content (AvgIpc) is 2.60. The van der Waals surface area contributed by atoms with Gasteiger partial charge in [0.25, 0.3) is 0 Å². The second-order valence-electron chi connectivity index (χ2n) is 6.88. The minimum absolute atomic E-state index is 0.0213. The lowest BCUT2D eigenvalue weighted by Crippen LogP contribution is -2.29. The first-order valence-corrected chi connectivity index (χ1v) is 8.36. The summed E-state index contributed by atoms with van der Waals surface area (Å²) in [6.07, 6.45) is 3.93. The molecule has 0 bridgehead atoms. The molecule has 0 aliphatic carbocycles. The topological polar surface area (TPSA) is 44.8 Å². The zero-order valence-corrected chi connectivity index (χ0v) is 14.5. The van der Waals surface area contributed by atoms with Crippen LogP contribution >= 0.6 is 0 Å². The van der Waals surface area contributed by atoms with Gasteiger partial charge in [0.1, 0.15) is 34.5 Å². The standard InChI is InChI=1S/C21H20O4/c1-21(2)10-9-14-17(25-21)12-18(23-3)19-15(22)11-16(24-20(14)19)13-7-5-4-6-8-13/h4-10,12,16H,11H2,1-3H3/t16-/m0/s1. The molecule has 0 N–H and O–H groups in total. The van der Waals surface area contributed by atoms with Crippen molar-refractivity contribution in [2.75, 3.05) is 7.11 Å². The molecule has 0 saturated carbocycles. The summed E-state index contributed by atoms with van der Waals surface area (Å²) in [6.45, 7) is 3.97. The van der Waals surface area contributed by atoms with Gasteiger partial charge in [-0.25, -0.2) is 0 Å². The lowest BCUT2D eigenvalue weighted by atomic mass is 9.91. The summed E-state index contributed by atoms with van der Waals surface area (Å²) in [4.78, 5) is 12.8. The molecule has 0 amide bonds. The minimum atomic E-state index is -0.413. The van der Waals surface area contributed by atoms with Crippen molar-refractivity contribution in [1.29, 1.82) is 0 Å². The van der Waals surface area contributed by atoms with E-state index in [1.54, 1.807) is 13.2 Å². The number of ether oxygens (including phenoxy) is 3. The van der Waals surface area contributed by atoms with Crippen molar-refractivity contribution in [3.63, 3.8) is 0 Å². The van der Waals surface area contributed by atoms with Crippen LogP contribution in [0.4, 0.5) is 0 Å². The normalized spacial score (nSPS) is 20.1. The van der Waals surface area contributed by atoms with Gasteiger partial charge < -0.3 is 14.2 Å². The Morgan fingerprint density at radius 3 is 2.68 bits per heavy atom. The SMILES string of the molecule is COc1cc2c(c3c1C(=O)C[C@@H](c1ccccc1)O3)C=CC(C)(C)O2. The summed E-state index contributed by atoms with van der Waals surface area (Å²) in [6, 6.07) is 11.6. The molecule has 4 heteroatoms. The highest BCUT2D eigenvalue weighted by atomic mass is 16.5. The lowest BCUT2D eigenvalue weighted by molar-refractivity contribution is 0.0840. The van der Waals surface area contributed by atoms with E-state index >= 15 is 0 Å². The number of Topliss-reactive ketones (excluding diaryl/α,β-unsaturated/α-hetero) is 1. The predicted octanol–water partition coefficient (Wildman–Crippen LogP) is 4.59. The van der Waals surface area contributed by atoms with Crippen molar-refractivity contribution in [2.24, 2.45) is 0 Å². The van der Waals surface area contributed by atoms with Gasteiger partial charge in [-0.2, -0.15) is 0 Å². The van der Waals surface area contributed by atoms with Gasteiger partial charge in [0, 0.05) is 6.07 Å². The van der Waals surface area contributed by atoms with Gasteiger partial charge >= 0.3 is 0 Å². The number of ketones is 1. The Labute approximate surface area is 147 Å². The summed E-state index contributed by atoms with van der Waals surface area (Å²) in [7, 11) is 1.56. The third kappa shape index (κ3) is 2.68. The van der Waals surface area contributed by atoms with E-state index in [1.165, 1.54) is 0 Å². The zero-order valence-electron chi connectivity index (χ0n) is 14.5. The van der Waals surface area contributed by atoms with Crippen LogP contribution in [0.1, 0.15) is 47.9 Å². The fourth-order valence-electron chi connectivity index (χ4n) is 3.33. The molecule has 2 aliphatic heterocycles. The van der Waals surface area contributed by atoms with Gasteiger partial charge in [-0.15, -0.1) is 0 Å². The Kier molecular flexibility index (Phi) is 3.57. The highest BCUT2D eigenvalue weighted by molar-refractivity contribution is 6.04. The van der Waals surface area contributed by atoms with E-state index in [2.05, 4.69) is 0 Å². The van der Waals surface area contributed by atoms with Crippen molar-refractivity contribution in [3.05, 3.63) is 59.2 Å². The number of carbonyl (C=O) groups excluding carboxylic acids is 1. The van der Waals surface area contributed by atoms with Crippen LogP contribution in [0.25, 0.3) is 6.08 Å². The minimum Gasteiger partial charge on any atom is -0.496 e. The molecule has 0 spiro atoms. The van der Waals surface area contributed by atoms with Crippen LogP contribution in [-0.2, 0) is 0 Å². The number of fused-ring (bicyclic) bond motifs is 3. The molecule has 2 aromatic carbocycles. The molecule has 0 aromatic heterocycles. The van der Waals surface area contributed by atoms with E-state index in [0.717, 1.165) is 11.1 Å². The van der Waals surface area contributed by atoms with E-state index in [4.69, 9.17) is 14.2 Å². The summed E-state index contributed by atoms with van der Waals surface area (Å²) in [5.74, 6) is 1.74. The number of hydrogen-bond donors (Lipinski definition) is 0. The summed E-state index contributed by atoms with van der Waals surface area (Å²) in [5, 5.41) is 0. The van der Waals surface area contributed by atoms with Gasteiger partial charge in [-0.05, 0) is 31.6 Å². The number of methoxy groups -OCH3 is 1. The molecule has 2 heterocycles. The maximum Gasteiger partial charge on any atom is 0.174 e. The van der Waals surface area contributed by atoms with Gasteiger partial charge in [0.05, 0.1) is 19.1 Å². The second kappa shape index (κ2) is 5.66. The monoisotopic (exact) mass is 336 g/mol. The molecule has 0 unspecified atom stereocenters. The van der Waals surface area contributed by atoms with Crippen LogP contribution in [0.15, 0.2) is 42.5 Å². The van der Waals surface area contributed by atoms with E-state index in [0.29, 0.717) is 29.2 Å². The third-order valence-electron chi connectivity index (χ3n) is 4.57. The van der Waals surface area contributed by atoms with Crippen LogP contribution in [0.5, 0.6) is 17.2 Å². The molecule has 128 valence electrons. The zero-order chi connectivity index (χ0) is 17.6. The Morgan fingerprint density at radius 2 is 1.96 bits per heavy atom. The first-order valence-electron chi connectivity index (χ1n) is 8.36. The lowest BCUT2D eigenvalue weighted by Gasteiger charge is -2.33. The highest BCUT2D eigenvalue weighted by Gasteiger charge is 2.35. The fourth-order valence-corrected chi connectivity index (χ4v) is 3.33. The molecular formula is C21H20O4. The van der Waals surface area contributed by atoms with E-state index in [-0.39, 0.29) is 11.9 Å². The summed E-state index contributed by atoms with van der Waals surface area (Å²) < 4.78 is 17.8. The third-order valence-corrected chi connectivity index (χ3v) is 4.57. The molecule has 0 radical (unpaired) electrons. The van der Waals surface area contributed by atoms with Gasteiger partial charge in [-0.1, -0.05) is 30.3 Å². The fraction of sp³-hybridized carbons (Fsp3) is 0.286. The smallest absolute Gasteiger partial charge is 0.174 e. The van der Waals surface area contributed by atoms with Crippen molar-refractivity contribution in [1.82, 2.24) is 0 Å². The van der Waals surface area contributed by atoms with Crippen LogP contribution < -0.4 is 14.2 Å². The van der Waals surface area contributed by atoms with E-state index in [1.807, 2.05) is 56.3 Å². The van der Waals surface area contributed by atoms with Gasteiger partial charge in [0.15, 0.2) is 5.78 Å². The molecule has 25 heavy (non-hydrogen) atoms. The number of carbonyl (C=O) groups is 1. The number of hydrogen-bond acceptors (Lipinski definition) is 4. The van der Waals surface area contributed by atoms with Crippen LogP contribution in [0.2, 0.25) is 0 Å². The van der Waals surface area contributed by atoms with Crippen LogP contribution in [0.3, 0.4) is 0 Å². The van der Waals surface area contributed by atoms with Crippen molar-refractivity contribution in [2.45, 2.75) is 32.0 Å². The van der Waals surface area contributed by atoms with E-state index < -0.39 is 5.60 Å². The Morgan fingerprint density at radius 1 is 1.20 bits per heavy atom. The first-order chi connectivity index (χ1) is 12.0. The maximum absolute atomic E-state index is 12.8. The van der Waals surface area contributed by atoms with E-state index in [9.17, 15) is 4.79 Å². The quantitative estimate of drug-likeness (QED) is 0.805. The molecule has 2 aromatic rings. The van der Waals surface area contributed by atoms with Gasteiger partial charge in [0.2, 0.25) is 0 Å². The Bertz CT molecular complexity index is 865. The molecule has 0 fully saturated rings. The summed E-state index contributed by atoms with van der Waals surface area (Å²) in [5.41, 5.74) is 1.87. The Balaban J connectivity index is 1.86. The molecule has 0 saturated heterocycles. The molecular weight excluding hydrogens is 316 g/mol. The average molecular weight is 336 g/mol. The van der Waals surface area contributed by atoms with Crippen molar-refractivity contribution in [3.8, 4) is 17.2 Å². The first kappa shape index (κ1) is 15.8. The van der Waals surface area contributed by atoms with Crippen LogP contribution in [0, 0.1) is 0 Å². The Hall–Kier alpha value is -2.75. The second-order valence-corrected chi connectivity index (χ2v) is 6.88. The predicted molar refractivity (Wildman–Crippen MR) is 95.5 cm³/mol. The largest absolute Gasteiger partial charge is 0.496 e. The number of benzene rings is 2. The molecule has 4 rings (SSSR count). The molecule has 4 nitrogen and oxygen atoms in total. The van der Waals surface area contributed by atoms with Crippen molar-refractivity contribution < 1.29 is 19.0 Å². The van der Waals surface area contributed by atoms with Crippen LogP contribution in [-0.4, -0.2) is 18.5 Å². The summed E-state index contributed by atoms with van der Waals surface area (Å²) >= 11 is 0. The van der Waals surface area contributed by atoms with Crippen molar-refractivity contribution >= 4 is 11.9 Å².